The Labute approximate surface area is 123 Å². The average Bonchev–Trinajstić information content (AvgIpc) is 2.36. The molecule has 1 aliphatic rings. The van der Waals surface area contributed by atoms with Gasteiger partial charge in [-0.2, -0.15) is 4.31 Å². The van der Waals surface area contributed by atoms with Gasteiger partial charge < -0.3 is 15.9 Å². The highest BCUT2D eigenvalue weighted by Crippen LogP contribution is 2.29. The number of hydrogen-bond acceptors (Lipinski definition) is 5. The quantitative estimate of drug-likeness (QED) is 0.699. The van der Waals surface area contributed by atoms with Crippen LogP contribution in [-0.4, -0.2) is 47.6 Å². The average molecular weight is 314 g/mol. The molecule has 8 heteroatoms. The van der Waals surface area contributed by atoms with Gasteiger partial charge in [-0.1, -0.05) is 0 Å². The molecule has 1 heterocycles. The van der Waals surface area contributed by atoms with Gasteiger partial charge >= 0.3 is 5.97 Å². The fourth-order valence-electron chi connectivity index (χ4n) is 2.43. The highest BCUT2D eigenvalue weighted by Gasteiger charge is 2.36. The highest BCUT2D eigenvalue weighted by atomic mass is 32.2. The van der Waals surface area contributed by atoms with Gasteiger partial charge in [0.05, 0.1) is 16.9 Å². The number of carboxylic acids is 1. The van der Waals surface area contributed by atoms with Crippen LogP contribution in [0.5, 0.6) is 0 Å². The molecule has 0 aliphatic carbocycles. The molecule has 1 aromatic carbocycles. The van der Waals surface area contributed by atoms with Gasteiger partial charge in [-0.15, -0.1) is 0 Å². The smallest absolute Gasteiger partial charge is 0.335 e. The number of anilines is 1. The van der Waals surface area contributed by atoms with Gasteiger partial charge in [-0.05, 0) is 38.0 Å². The summed E-state index contributed by atoms with van der Waals surface area (Å²) in [6.07, 6.45) is 1.09. The number of piperidine rings is 1. The SMILES string of the molecule is CC1(O)CCCN(S(=O)(=O)c2ccc(C(=O)O)cc2N)C1. The molecule has 0 amide bonds. The number of aromatic carboxylic acids is 1. The molecule has 1 fully saturated rings. The first-order chi connectivity index (χ1) is 9.63. The van der Waals surface area contributed by atoms with E-state index >= 15 is 0 Å². The van der Waals surface area contributed by atoms with Crippen LogP contribution in [0.2, 0.25) is 0 Å². The molecule has 0 aromatic heterocycles. The number of aliphatic hydroxyl groups is 1. The standard InChI is InChI=1S/C13H18N2O5S/c1-13(18)5-2-6-15(8-13)21(19,20)11-4-3-9(12(16)17)7-10(11)14/h3-4,7,18H,2,5-6,8,14H2,1H3,(H,16,17). The first-order valence-corrected chi connectivity index (χ1v) is 7.93. The first kappa shape index (κ1) is 15.7. The van der Waals surface area contributed by atoms with E-state index in [4.69, 9.17) is 10.8 Å². The van der Waals surface area contributed by atoms with E-state index in [0.717, 1.165) is 6.07 Å². The van der Waals surface area contributed by atoms with Gasteiger partial charge in [0.25, 0.3) is 0 Å². The van der Waals surface area contributed by atoms with Crippen LogP contribution in [0, 0.1) is 0 Å². The number of benzene rings is 1. The van der Waals surface area contributed by atoms with Gasteiger partial charge in [0.15, 0.2) is 0 Å². The third-order valence-corrected chi connectivity index (χ3v) is 5.43. The van der Waals surface area contributed by atoms with Crippen LogP contribution in [0.25, 0.3) is 0 Å². The zero-order chi connectivity index (χ0) is 15.8. The van der Waals surface area contributed by atoms with Gasteiger partial charge in [0, 0.05) is 13.1 Å². The lowest BCUT2D eigenvalue weighted by molar-refractivity contribution is 0.00940. The van der Waals surface area contributed by atoms with E-state index in [0.29, 0.717) is 19.4 Å². The van der Waals surface area contributed by atoms with Crippen LogP contribution < -0.4 is 5.73 Å². The van der Waals surface area contributed by atoms with Crippen LogP contribution in [-0.2, 0) is 10.0 Å². The molecular weight excluding hydrogens is 296 g/mol. The summed E-state index contributed by atoms with van der Waals surface area (Å²) >= 11 is 0. The minimum atomic E-state index is -3.85. The largest absolute Gasteiger partial charge is 0.478 e. The fraction of sp³-hybridized carbons (Fsp3) is 0.462. The molecular formula is C13H18N2O5S. The molecule has 1 aromatic rings. The van der Waals surface area contributed by atoms with E-state index in [2.05, 4.69) is 0 Å². The second-order valence-electron chi connectivity index (χ2n) is 5.50. The molecule has 0 bridgehead atoms. The topological polar surface area (TPSA) is 121 Å². The molecule has 4 N–H and O–H groups in total. The van der Waals surface area contributed by atoms with Gasteiger partial charge in [0.1, 0.15) is 4.90 Å². The Balaban J connectivity index is 2.38. The second-order valence-corrected chi connectivity index (χ2v) is 7.40. The maximum atomic E-state index is 12.6. The summed E-state index contributed by atoms with van der Waals surface area (Å²) in [5.41, 5.74) is 4.44. The van der Waals surface area contributed by atoms with Crippen molar-refractivity contribution >= 4 is 21.7 Å². The van der Waals surface area contributed by atoms with Crippen molar-refractivity contribution in [3.8, 4) is 0 Å². The first-order valence-electron chi connectivity index (χ1n) is 6.49. The molecule has 7 nitrogen and oxygen atoms in total. The summed E-state index contributed by atoms with van der Waals surface area (Å²) in [5.74, 6) is -1.17. The number of rotatable bonds is 3. The fourth-order valence-corrected chi connectivity index (χ4v) is 4.13. The van der Waals surface area contributed by atoms with Crippen molar-refractivity contribution in [2.75, 3.05) is 18.8 Å². The van der Waals surface area contributed by atoms with Gasteiger partial charge in [-0.3, -0.25) is 0 Å². The van der Waals surface area contributed by atoms with Crippen LogP contribution in [0.4, 0.5) is 5.69 Å². The number of sulfonamides is 1. The number of hydrogen-bond donors (Lipinski definition) is 3. The third-order valence-electron chi connectivity index (χ3n) is 3.51. The predicted molar refractivity (Wildman–Crippen MR) is 76.4 cm³/mol. The molecule has 1 atom stereocenters. The molecule has 0 radical (unpaired) electrons. The number of β-amino-alcohol motifs (C(OH)–C–C–N with tert-alkyl or cyclic N) is 1. The zero-order valence-corrected chi connectivity index (χ0v) is 12.4. The molecule has 116 valence electrons. The van der Waals surface area contributed by atoms with Crippen molar-refractivity contribution in [3.63, 3.8) is 0 Å². The third kappa shape index (κ3) is 3.17. The summed E-state index contributed by atoms with van der Waals surface area (Å²) in [4.78, 5) is 10.7. The zero-order valence-electron chi connectivity index (χ0n) is 11.6. The van der Waals surface area contributed by atoms with Crippen LogP contribution >= 0.6 is 0 Å². The van der Waals surface area contributed by atoms with E-state index in [1.165, 1.54) is 16.4 Å². The number of nitrogen functional groups attached to an aromatic ring is 1. The predicted octanol–water partition coefficient (Wildman–Crippen LogP) is 0.503. The summed E-state index contributed by atoms with van der Waals surface area (Å²) in [6.45, 7) is 1.89. The molecule has 1 saturated heterocycles. The Bertz CT molecular complexity index is 669. The molecule has 1 unspecified atom stereocenters. The monoisotopic (exact) mass is 314 g/mol. The van der Waals surface area contributed by atoms with E-state index in [1.807, 2.05) is 0 Å². The van der Waals surface area contributed by atoms with Crippen molar-refractivity contribution in [2.24, 2.45) is 0 Å². The summed E-state index contributed by atoms with van der Waals surface area (Å²) in [6, 6.07) is 3.52. The van der Waals surface area contributed by atoms with Crippen molar-refractivity contribution in [1.29, 1.82) is 0 Å². The van der Waals surface area contributed by atoms with Crippen LogP contribution in [0.3, 0.4) is 0 Å². The number of nitrogens with two attached hydrogens (primary N) is 1. The Morgan fingerprint density at radius 3 is 2.62 bits per heavy atom. The Morgan fingerprint density at radius 1 is 1.43 bits per heavy atom. The van der Waals surface area contributed by atoms with Crippen molar-refractivity contribution in [3.05, 3.63) is 23.8 Å². The normalized spacial score (nSPS) is 23.9. The van der Waals surface area contributed by atoms with Crippen molar-refractivity contribution in [2.45, 2.75) is 30.3 Å². The Morgan fingerprint density at radius 2 is 2.10 bits per heavy atom. The Kier molecular flexibility index (Phi) is 3.96. The highest BCUT2D eigenvalue weighted by molar-refractivity contribution is 7.89. The van der Waals surface area contributed by atoms with E-state index in [1.54, 1.807) is 6.92 Å². The number of carbonyl (C=O) groups is 1. The lowest BCUT2D eigenvalue weighted by Gasteiger charge is -2.36. The second kappa shape index (κ2) is 5.28. The molecule has 1 aliphatic heterocycles. The van der Waals surface area contributed by atoms with Crippen molar-refractivity contribution < 1.29 is 23.4 Å². The summed E-state index contributed by atoms with van der Waals surface area (Å²) in [7, 11) is -3.85. The summed E-state index contributed by atoms with van der Waals surface area (Å²) in [5, 5.41) is 18.9. The van der Waals surface area contributed by atoms with Gasteiger partial charge in [-0.25, -0.2) is 13.2 Å². The maximum absolute atomic E-state index is 12.6. The molecule has 2 rings (SSSR count). The van der Waals surface area contributed by atoms with E-state index < -0.39 is 21.6 Å². The van der Waals surface area contributed by atoms with Gasteiger partial charge in [0.2, 0.25) is 10.0 Å². The maximum Gasteiger partial charge on any atom is 0.335 e. The van der Waals surface area contributed by atoms with Crippen molar-refractivity contribution in [1.82, 2.24) is 4.31 Å². The minimum absolute atomic E-state index is 0.00451. The minimum Gasteiger partial charge on any atom is -0.478 e. The molecule has 0 saturated carbocycles. The van der Waals surface area contributed by atoms with Crippen LogP contribution in [0.1, 0.15) is 30.1 Å². The van der Waals surface area contributed by atoms with E-state index in [-0.39, 0.29) is 22.7 Å². The lowest BCUT2D eigenvalue weighted by atomic mass is 9.97. The molecule has 0 spiro atoms. The van der Waals surface area contributed by atoms with Crippen LogP contribution in [0.15, 0.2) is 23.1 Å². The molecule has 21 heavy (non-hydrogen) atoms. The number of nitrogens with zero attached hydrogens (tertiary/aromatic N) is 1. The summed E-state index contributed by atoms with van der Waals surface area (Å²) < 4.78 is 26.3. The lowest BCUT2D eigenvalue weighted by Crippen LogP contribution is -2.48. The number of carboxylic acid groups (broad SMARTS) is 1. The Hall–Kier alpha value is -1.64. The van der Waals surface area contributed by atoms with E-state index in [9.17, 15) is 18.3 Å².